The van der Waals surface area contributed by atoms with Crippen LogP contribution in [-0.4, -0.2) is 49.2 Å². The van der Waals surface area contributed by atoms with Crippen LogP contribution < -0.4 is 0 Å². The van der Waals surface area contributed by atoms with Crippen molar-refractivity contribution in [2.45, 2.75) is 18.0 Å². The Balaban J connectivity index is 1.94. The molecule has 0 aliphatic carbocycles. The average molecular weight is 315 g/mol. The molecule has 2 rings (SSSR count). The smallest absolute Gasteiger partial charge is 0.253 e. The summed E-state index contributed by atoms with van der Waals surface area (Å²) in [5.41, 5.74) is 0. The average Bonchev–Trinajstić information content (AvgIpc) is 2.95. The first kappa shape index (κ1) is 15.7. The van der Waals surface area contributed by atoms with E-state index in [1.54, 1.807) is 18.5 Å². The summed E-state index contributed by atoms with van der Waals surface area (Å²) in [6.45, 7) is 0.662. The predicted molar refractivity (Wildman–Crippen MR) is 78.5 cm³/mol. The first-order chi connectivity index (χ1) is 10.7. The summed E-state index contributed by atoms with van der Waals surface area (Å²) in [5.74, 6) is 0.499. The Hall–Kier alpha value is -2.65. The molecule has 0 N–H and O–H groups in total. The SMILES string of the molecule is N#CCCN(CCC#N)C(=O)CSc1nc2ncccn2n1. The molecule has 1 amide bonds. The van der Waals surface area contributed by atoms with Gasteiger partial charge in [0.1, 0.15) is 0 Å². The molecule has 0 saturated heterocycles. The van der Waals surface area contributed by atoms with Crippen LogP contribution in [0.5, 0.6) is 0 Å². The number of nitrogens with zero attached hydrogens (tertiary/aromatic N) is 7. The molecule has 0 fully saturated rings. The van der Waals surface area contributed by atoms with Gasteiger partial charge in [0.25, 0.3) is 5.78 Å². The minimum absolute atomic E-state index is 0.137. The Labute approximate surface area is 131 Å². The highest BCUT2D eigenvalue weighted by Crippen LogP contribution is 2.14. The number of amides is 1. The molecule has 0 aliphatic rings. The molecular weight excluding hydrogens is 302 g/mol. The molecule has 0 spiro atoms. The third-order valence-electron chi connectivity index (χ3n) is 2.76. The fraction of sp³-hybridized carbons (Fsp3) is 0.385. The first-order valence-electron chi connectivity index (χ1n) is 6.56. The summed E-state index contributed by atoms with van der Waals surface area (Å²) in [4.78, 5) is 21.9. The van der Waals surface area contributed by atoms with Crippen molar-refractivity contribution in [3.05, 3.63) is 18.5 Å². The van der Waals surface area contributed by atoms with Crippen LogP contribution in [0.4, 0.5) is 0 Å². The van der Waals surface area contributed by atoms with Gasteiger partial charge in [0.2, 0.25) is 11.1 Å². The van der Waals surface area contributed by atoms with E-state index in [0.29, 0.717) is 24.0 Å². The zero-order chi connectivity index (χ0) is 15.8. The molecule has 112 valence electrons. The van der Waals surface area contributed by atoms with Crippen molar-refractivity contribution in [3.8, 4) is 12.1 Å². The Morgan fingerprint density at radius 2 is 2.05 bits per heavy atom. The second-order valence-electron chi connectivity index (χ2n) is 4.24. The summed E-state index contributed by atoms with van der Waals surface area (Å²) in [7, 11) is 0. The fourth-order valence-electron chi connectivity index (χ4n) is 1.72. The molecule has 0 aromatic carbocycles. The highest BCUT2D eigenvalue weighted by atomic mass is 32.2. The number of thioether (sulfide) groups is 1. The lowest BCUT2D eigenvalue weighted by atomic mass is 10.3. The minimum Gasteiger partial charge on any atom is -0.340 e. The van der Waals surface area contributed by atoms with Gasteiger partial charge in [-0.15, -0.1) is 5.10 Å². The van der Waals surface area contributed by atoms with E-state index in [2.05, 4.69) is 15.1 Å². The Bertz CT molecular complexity index is 679. The number of hydrogen-bond donors (Lipinski definition) is 0. The van der Waals surface area contributed by atoms with Crippen LogP contribution in [0.25, 0.3) is 5.78 Å². The van der Waals surface area contributed by atoms with Gasteiger partial charge < -0.3 is 4.90 Å². The maximum atomic E-state index is 12.2. The number of carbonyl (C=O) groups excluding carboxylic acids is 1. The highest BCUT2D eigenvalue weighted by Gasteiger charge is 2.15. The first-order valence-corrected chi connectivity index (χ1v) is 7.55. The van der Waals surface area contributed by atoms with Crippen LogP contribution in [0.3, 0.4) is 0 Å². The number of fused-ring (bicyclic) bond motifs is 1. The lowest BCUT2D eigenvalue weighted by Gasteiger charge is -2.19. The molecule has 8 nitrogen and oxygen atoms in total. The molecule has 2 aromatic heterocycles. The number of nitriles is 2. The molecule has 2 aromatic rings. The van der Waals surface area contributed by atoms with E-state index in [4.69, 9.17) is 10.5 Å². The summed E-state index contributed by atoms with van der Waals surface area (Å²) < 4.78 is 1.54. The number of aromatic nitrogens is 4. The van der Waals surface area contributed by atoms with Crippen LogP contribution in [0.2, 0.25) is 0 Å². The maximum absolute atomic E-state index is 12.2. The molecule has 9 heteroatoms. The van der Waals surface area contributed by atoms with Gasteiger partial charge in [-0.1, -0.05) is 11.8 Å². The topological polar surface area (TPSA) is 111 Å². The van der Waals surface area contributed by atoms with Gasteiger partial charge in [-0.25, -0.2) is 9.50 Å². The van der Waals surface area contributed by atoms with Crippen LogP contribution >= 0.6 is 11.8 Å². The van der Waals surface area contributed by atoms with Gasteiger partial charge >= 0.3 is 0 Å². The Morgan fingerprint density at radius 1 is 1.32 bits per heavy atom. The largest absolute Gasteiger partial charge is 0.340 e. The molecule has 0 atom stereocenters. The van der Waals surface area contributed by atoms with E-state index in [1.165, 1.54) is 21.2 Å². The van der Waals surface area contributed by atoms with Crippen LogP contribution in [-0.2, 0) is 4.79 Å². The van der Waals surface area contributed by atoms with Crippen LogP contribution in [0, 0.1) is 22.7 Å². The third kappa shape index (κ3) is 4.17. The Kier molecular flexibility index (Phi) is 5.69. The quantitative estimate of drug-likeness (QED) is 0.697. The van der Waals surface area contributed by atoms with E-state index in [9.17, 15) is 4.79 Å². The zero-order valence-corrected chi connectivity index (χ0v) is 12.5. The van der Waals surface area contributed by atoms with Crippen molar-refractivity contribution in [3.63, 3.8) is 0 Å². The monoisotopic (exact) mass is 315 g/mol. The van der Waals surface area contributed by atoms with Gasteiger partial charge in [-0.2, -0.15) is 15.5 Å². The van der Waals surface area contributed by atoms with E-state index in [1.807, 2.05) is 12.1 Å². The van der Waals surface area contributed by atoms with Crippen LogP contribution in [0.15, 0.2) is 23.6 Å². The molecule has 2 heterocycles. The normalized spacial score (nSPS) is 10.1. The minimum atomic E-state index is -0.137. The highest BCUT2D eigenvalue weighted by molar-refractivity contribution is 7.99. The lowest BCUT2D eigenvalue weighted by Crippen LogP contribution is -2.34. The zero-order valence-electron chi connectivity index (χ0n) is 11.7. The van der Waals surface area contributed by atoms with E-state index in [-0.39, 0.29) is 24.5 Å². The summed E-state index contributed by atoms with van der Waals surface area (Å²) in [6.07, 6.45) is 3.85. The standard InChI is InChI=1S/C13H13N7OS/c14-4-1-7-19(8-2-5-15)11(21)10-22-13-17-12-16-6-3-9-20(12)18-13/h3,6,9H,1-2,7-8,10H2. The van der Waals surface area contributed by atoms with Gasteiger partial charge in [0, 0.05) is 25.5 Å². The summed E-state index contributed by atoms with van der Waals surface area (Å²) in [5, 5.41) is 21.9. The summed E-state index contributed by atoms with van der Waals surface area (Å²) in [6, 6.07) is 5.75. The second kappa shape index (κ2) is 7.96. The molecule has 0 unspecified atom stereocenters. The van der Waals surface area contributed by atoms with E-state index in [0.717, 1.165) is 0 Å². The van der Waals surface area contributed by atoms with E-state index >= 15 is 0 Å². The maximum Gasteiger partial charge on any atom is 0.253 e. The van der Waals surface area contributed by atoms with Crippen molar-refractivity contribution >= 4 is 23.4 Å². The lowest BCUT2D eigenvalue weighted by molar-refractivity contribution is -0.128. The number of rotatable bonds is 7. The van der Waals surface area contributed by atoms with Gasteiger partial charge in [-0.05, 0) is 6.07 Å². The van der Waals surface area contributed by atoms with Crippen molar-refractivity contribution in [1.29, 1.82) is 10.5 Å². The van der Waals surface area contributed by atoms with Crippen LogP contribution in [0.1, 0.15) is 12.8 Å². The van der Waals surface area contributed by atoms with Gasteiger partial charge in [-0.3, -0.25) is 4.79 Å². The molecule has 0 radical (unpaired) electrons. The molecule has 0 bridgehead atoms. The molecule has 0 saturated carbocycles. The fourth-order valence-corrected chi connectivity index (χ4v) is 2.45. The molecular formula is C13H13N7OS. The third-order valence-corrected chi connectivity index (χ3v) is 3.58. The van der Waals surface area contributed by atoms with Gasteiger partial charge in [0.05, 0.1) is 30.7 Å². The predicted octanol–water partition coefficient (Wildman–Crippen LogP) is 0.872. The van der Waals surface area contributed by atoms with Crippen molar-refractivity contribution in [2.75, 3.05) is 18.8 Å². The number of carbonyl (C=O) groups is 1. The molecule has 22 heavy (non-hydrogen) atoms. The van der Waals surface area contributed by atoms with E-state index < -0.39 is 0 Å². The Morgan fingerprint density at radius 3 is 2.68 bits per heavy atom. The van der Waals surface area contributed by atoms with Gasteiger partial charge in [0.15, 0.2) is 0 Å². The van der Waals surface area contributed by atoms with Crippen molar-refractivity contribution < 1.29 is 4.79 Å². The van der Waals surface area contributed by atoms with Crippen molar-refractivity contribution in [2.24, 2.45) is 0 Å². The summed E-state index contributed by atoms with van der Waals surface area (Å²) >= 11 is 1.21. The van der Waals surface area contributed by atoms with Crippen molar-refractivity contribution in [1.82, 2.24) is 24.5 Å². The number of hydrogen-bond acceptors (Lipinski definition) is 7. The molecule has 0 aliphatic heterocycles. The second-order valence-corrected chi connectivity index (χ2v) is 5.19.